The molecule has 0 unspecified atom stereocenters. The van der Waals surface area contributed by atoms with Crippen molar-refractivity contribution in [3.8, 4) is 5.75 Å². The van der Waals surface area contributed by atoms with Gasteiger partial charge < -0.3 is 10.1 Å². The Labute approximate surface area is 150 Å². The molecule has 8 heteroatoms. The fourth-order valence-electron chi connectivity index (χ4n) is 1.70. The number of para-hydroxylation sites is 2. The molecule has 0 aliphatic rings. The summed E-state index contributed by atoms with van der Waals surface area (Å²) in [6.07, 6.45) is 0. The van der Waals surface area contributed by atoms with E-state index in [0.717, 1.165) is 3.57 Å². The molecule has 0 saturated carbocycles. The van der Waals surface area contributed by atoms with Gasteiger partial charge in [-0.1, -0.05) is 12.1 Å². The molecule has 120 valence electrons. The lowest BCUT2D eigenvalue weighted by atomic mass is 10.2. The van der Waals surface area contributed by atoms with Crippen LogP contribution in [0.2, 0.25) is 0 Å². The second kappa shape index (κ2) is 8.16. The van der Waals surface area contributed by atoms with Crippen molar-refractivity contribution in [1.29, 1.82) is 0 Å². The smallest absolute Gasteiger partial charge is 0.387 e. The zero-order valence-electron chi connectivity index (χ0n) is 11.6. The number of halogens is 3. The van der Waals surface area contributed by atoms with E-state index in [9.17, 15) is 13.6 Å². The zero-order chi connectivity index (χ0) is 16.8. The van der Waals surface area contributed by atoms with Crippen molar-refractivity contribution >= 4 is 51.5 Å². The molecule has 0 atom stereocenters. The van der Waals surface area contributed by atoms with Crippen LogP contribution >= 0.6 is 34.8 Å². The van der Waals surface area contributed by atoms with Crippen LogP contribution in [0.3, 0.4) is 0 Å². The number of rotatable bonds is 4. The SMILES string of the molecule is O=C(NC(=S)Nc1ccccc1OC(F)F)c1ccc(I)cc1. The summed E-state index contributed by atoms with van der Waals surface area (Å²) in [4.78, 5) is 12.0. The molecule has 0 aromatic heterocycles. The monoisotopic (exact) mass is 448 g/mol. The van der Waals surface area contributed by atoms with E-state index in [0.29, 0.717) is 5.56 Å². The summed E-state index contributed by atoms with van der Waals surface area (Å²) in [5.74, 6) is -0.459. The molecular weight excluding hydrogens is 437 g/mol. The number of carbonyl (C=O) groups is 1. The van der Waals surface area contributed by atoms with Crippen LogP contribution in [-0.4, -0.2) is 17.6 Å². The molecule has 0 radical (unpaired) electrons. The van der Waals surface area contributed by atoms with E-state index in [1.54, 1.807) is 36.4 Å². The lowest BCUT2D eigenvalue weighted by molar-refractivity contribution is -0.0493. The van der Waals surface area contributed by atoms with Crippen molar-refractivity contribution in [2.45, 2.75) is 6.61 Å². The number of hydrogen-bond acceptors (Lipinski definition) is 3. The fourth-order valence-corrected chi connectivity index (χ4v) is 2.26. The van der Waals surface area contributed by atoms with Gasteiger partial charge in [-0.3, -0.25) is 10.1 Å². The highest BCUT2D eigenvalue weighted by Gasteiger charge is 2.12. The molecule has 0 aliphatic heterocycles. The molecule has 23 heavy (non-hydrogen) atoms. The third-order valence-corrected chi connectivity index (χ3v) is 3.61. The largest absolute Gasteiger partial charge is 0.433 e. The first-order valence-electron chi connectivity index (χ1n) is 6.37. The second-order valence-electron chi connectivity index (χ2n) is 4.29. The van der Waals surface area contributed by atoms with Gasteiger partial charge in [0.1, 0.15) is 5.75 Å². The average molecular weight is 448 g/mol. The second-order valence-corrected chi connectivity index (χ2v) is 5.94. The van der Waals surface area contributed by atoms with Gasteiger partial charge >= 0.3 is 6.61 Å². The minimum absolute atomic E-state index is 0.0149. The number of thiocarbonyl (C=S) groups is 1. The Bertz CT molecular complexity index is 711. The summed E-state index contributed by atoms with van der Waals surface area (Å²) in [7, 11) is 0. The van der Waals surface area contributed by atoms with E-state index >= 15 is 0 Å². The van der Waals surface area contributed by atoms with E-state index in [2.05, 4.69) is 38.0 Å². The van der Waals surface area contributed by atoms with Crippen LogP contribution in [0.5, 0.6) is 5.75 Å². The van der Waals surface area contributed by atoms with Crippen molar-refractivity contribution in [1.82, 2.24) is 5.32 Å². The van der Waals surface area contributed by atoms with E-state index in [-0.39, 0.29) is 16.5 Å². The first kappa shape index (κ1) is 17.5. The van der Waals surface area contributed by atoms with Gasteiger partial charge in [0, 0.05) is 9.13 Å². The summed E-state index contributed by atoms with van der Waals surface area (Å²) in [6.45, 7) is -2.95. The van der Waals surface area contributed by atoms with Gasteiger partial charge in [-0.2, -0.15) is 8.78 Å². The average Bonchev–Trinajstić information content (AvgIpc) is 2.49. The van der Waals surface area contributed by atoms with E-state index in [1.807, 2.05) is 0 Å². The van der Waals surface area contributed by atoms with Crippen LogP contribution in [0, 0.1) is 3.57 Å². The molecule has 0 bridgehead atoms. The molecule has 0 heterocycles. The summed E-state index contributed by atoms with van der Waals surface area (Å²) in [5, 5.41) is 5.13. The van der Waals surface area contributed by atoms with Gasteiger partial charge in [-0.15, -0.1) is 0 Å². The van der Waals surface area contributed by atoms with Crippen molar-refractivity contribution < 1.29 is 18.3 Å². The molecule has 2 aromatic carbocycles. The molecule has 2 aromatic rings. The van der Waals surface area contributed by atoms with Crippen LogP contribution in [0.1, 0.15) is 10.4 Å². The Morgan fingerprint density at radius 2 is 1.78 bits per heavy atom. The number of amides is 1. The molecule has 2 rings (SSSR count). The molecule has 4 nitrogen and oxygen atoms in total. The summed E-state index contributed by atoms with van der Waals surface area (Å²) >= 11 is 7.15. The molecule has 2 N–H and O–H groups in total. The van der Waals surface area contributed by atoms with Gasteiger partial charge in [0.15, 0.2) is 5.11 Å². The maximum absolute atomic E-state index is 12.3. The standard InChI is InChI=1S/C15H11F2IN2O2S/c16-14(17)22-12-4-2-1-3-11(12)19-15(23)20-13(21)9-5-7-10(18)8-6-9/h1-8,14H,(H2,19,20,21,23). The van der Waals surface area contributed by atoms with E-state index in [4.69, 9.17) is 12.2 Å². The van der Waals surface area contributed by atoms with Gasteiger partial charge in [0.25, 0.3) is 5.91 Å². The number of carbonyl (C=O) groups excluding carboxylic acids is 1. The maximum Gasteiger partial charge on any atom is 0.387 e. The summed E-state index contributed by atoms with van der Waals surface area (Å²) < 4.78 is 30.1. The predicted octanol–water partition coefficient (Wildman–Crippen LogP) is 4.02. The normalized spacial score (nSPS) is 10.3. The summed E-state index contributed by atoms with van der Waals surface area (Å²) in [5.41, 5.74) is 0.674. The minimum atomic E-state index is -2.95. The highest BCUT2D eigenvalue weighted by Crippen LogP contribution is 2.25. The van der Waals surface area contributed by atoms with Crippen LogP contribution < -0.4 is 15.4 Å². The number of benzene rings is 2. The first-order valence-corrected chi connectivity index (χ1v) is 7.86. The van der Waals surface area contributed by atoms with Crippen LogP contribution in [0.15, 0.2) is 48.5 Å². The van der Waals surface area contributed by atoms with Gasteiger partial charge in [0.05, 0.1) is 5.69 Å². The minimum Gasteiger partial charge on any atom is -0.433 e. The molecule has 0 aliphatic carbocycles. The number of hydrogen-bond donors (Lipinski definition) is 2. The highest BCUT2D eigenvalue weighted by atomic mass is 127. The third-order valence-electron chi connectivity index (χ3n) is 2.68. The van der Waals surface area contributed by atoms with Crippen molar-refractivity contribution in [2.24, 2.45) is 0 Å². The Morgan fingerprint density at radius 1 is 1.13 bits per heavy atom. The van der Waals surface area contributed by atoms with Gasteiger partial charge in [0.2, 0.25) is 0 Å². The molecular formula is C15H11F2IN2O2S. The lowest BCUT2D eigenvalue weighted by Gasteiger charge is -2.13. The number of alkyl halides is 2. The van der Waals surface area contributed by atoms with Gasteiger partial charge in [-0.05, 0) is 71.2 Å². The Hall–Kier alpha value is -1.81. The molecule has 0 saturated heterocycles. The Kier molecular flexibility index (Phi) is 6.22. The number of ether oxygens (including phenoxy) is 1. The van der Waals surface area contributed by atoms with Crippen molar-refractivity contribution in [2.75, 3.05) is 5.32 Å². The number of nitrogens with one attached hydrogen (secondary N) is 2. The maximum atomic E-state index is 12.3. The van der Waals surface area contributed by atoms with Crippen LogP contribution in [-0.2, 0) is 0 Å². The zero-order valence-corrected chi connectivity index (χ0v) is 14.5. The van der Waals surface area contributed by atoms with E-state index in [1.165, 1.54) is 12.1 Å². The lowest BCUT2D eigenvalue weighted by Crippen LogP contribution is -2.34. The quantitative estimate of drug-likeness (QED) is 0.548. The van der Waals surface area contributed by atoms with Crippen molar-refractivity contribution in [3.63, 3.8) is 0 Å². The van der Waals surface area contributed by atoms with Gasteiger partial charge in [-0.25, -0.2) is 0 Å². The highest BCUT2D eigenvalue weighted by molar-refractivity contribution is 14.1. The van der Waals surface area contributed by atoms with Crippen molar-refractivity contribution in [3.05, 3.63) is 57.7 Å². The predicted molar refractivity (Wildman–Crippen MR) is 95.9 cm³/mol. The Morgan fingerprint density at radius 3 is 2.43 bits per heavy atom. The molecule has 0 fully saturated rings. The van der Waals surface area contributed by atoms with Crippen LogP contribution in [0.25, 0.3) is 0 Å². The Balaban J connectivity index is 2.02. The fraction of sp³-hybridized carbons (Fsp3) is 0.0667. The van der Waals surface area contributed by atoms with E-state index < -0.39 is 12.5 Å². The van der Waals surface area contributed by atoms with Crippen LogP contribution in [0.4, 0.5) is 14.5 Å². The number of anilines is 1. The molecule has 0 spiro atoms. The summed E-state index contributed by atoms with van der Waals surface area (Å²) in [6, 6.07) is 13.0. The first-order chi connectivity index (χ1) is 11.0. The third kappa shape index (κ3) is 5.39. The topological polar surface area (TPSA) is 50.4 Å². The molecule has 1 amide bonds.